The van der Waals surface area contributed by atoms with Crippen molar-refractivity contribution in [1.29, 1.82) is 0 Å². The van der Waals surface area contributed by atoms with Crippen molar-refractivity contribution < 1.29 is 19.1 Å². The molecule has 5 heteroatoms. The van der Waals surface area contributed by atoms with Gasteiger partial charge in [0.15, 0.2) is 0 Å². The number of carboxylic acid groups (broad SMARTS) is 1. The first-order chi connectivity index (χ1) is 7.59. The monoisotopic (exact) mass is 236 g/mol. The summed E-state index contributed by atoms with van der Waals surface area (Å²) < 4.78 is 4.98. The van der Waals surface area contributed by atoms with Crippen LogP contribution in [0, 0.1) is 6.92 Å². The largest absolute Gasteiger partial charge is 0.511 e. The number of rotatable bonds is 5. The van der Waals surface area contributed by atoms with Gasteiger partial charge in [-0.05, 0) is 17.7 Å². The lowest BCUT2D eigenvalue weighted by Gasteiger charge is -2.04. The van der Waals surface area contributed by atoms with E-state index in [1.165, 1.54) is 0 Å². The van der Waals surface area contributed by atoms with Gasteiger partial charge in [-0.25, -0.2) is 0 Å². The minimum Gasteiger partial charge on any atom is -0.511 e. The van der Waals surface area contributed by atoms with Gasteiger partial charge in [0.05, 0.1) is 12.8 Å². The van der Waals surface area contributed by atoms with Crippen molar-refractivity contribution in [3.05, 3.63) is 29.8 Å². The van der Waals surface area contributed by atoms with Crippen LogP contribution in [-0.2, 0) is 14.0 Å². The maximum Gasteiger partial charge on any atom is 0.355 e. The maximum atomic E-state index is 11.2. The lowest BCUT2D eigenvalue weighted by Crippen LogP contribution is -2.23. The third kappa shape index (κ3) is 4.27. The normalized spacial score (nSPS) is 9.81. The van der Waals surface area contributed by atoms with E-state index in [2.05, 4.69) is 0 Å². The van der Waals surface area contributed by atoms with E-state index >= 15 is 0 Å². The molecule has 0 aliphatic rings. The molecule has 1 aromatic carbocycles. The highest BCUT2D eigenvalue weighted by Gasteiger charge is 2.09. The summed E-state index contributed by atoms with van der Waals surface area (Å²) >= 11 is 0. The van der Waals surface area contributed by atoms with Crippen LogP contribution in [0.4, 0.5) is 0 Å². The predicted octanol–water partition coefficient (Wildman–Crippen LogP) is 0.648. The van der Waals surface area contributed by atoms with Crippen molar-refractivity contribution >= 4 is 26.9 Å². The summed E-state index contributed by atoms with van der Waals surface area (Å²) in [5, 5.41) is 9.35. The molecule has 0 aliphatic carbocycles. The van der Waals surface area contributed by atoms with Crippen LogP contribution in [0.3, 0.4) is 0 Å². The highest BCUT2D eigenvalue weighted by atomic mass is 28.2. The quantitative estimate of drug-likeness (QED) is 0.762. The van der Waals surface area contributed by atoms with E-state index in [1.807, 2.05) is 31.2 Å². The van der Waals surface area contributed by atoms with Crippen molar-refractivity contribution in [3.8, 4) is 0 Å². The van der Waals surface area contributed by atoms with Gasteiger partial charge in [0, 0.05) is 0 Å². The van der Waals surface area contributed by atoms with Gasteiger partial charge in [0.25, 0.3) is 5.97 Å². The van der Waals surface area contributed by atoms with Crippen LogP contribution < -0.4 is 5.19 Å². The molecule has 0 aromatic heterocycles. The summed E-state index contributed by atoms with van der Waals surface area (Å²) in [5.41, 5.74) is 1.06. The Kier molecular flexibility index (Phi) is 4.72. The Morgan fingerprint density at radius 1 is 1.31 bits per heavy atom. The fraction of sp³-hybridized carbons (Fsp3) is 0.273. The van der Waals surface area contributed by atoms with Crippen molar-refractivity contribution in [3.63, 3.8) is 0 Å². The zero-order valence-electron chi connectivity index (χ0n) is 8.90. The van der Waals surface area contributed by atoms with Crippen LogP contribution >= 0.6 is 0 Å². The van der Waals surface area contributed by atoms with Gasteiger partial charge in [-0.1, -0.05) is 24.3 Å². The fourth-order valence-electron chi connectivity index (χ4n) is 1.06. The average molecular weight is 236 g/mol. The molecule has 0 atom stereocenters. The molecule has 0 amide bonds. The van der Waals surface area contributed by atoms with Crippen LogP contribution in [0.2, 0.25) is 0 Å². The van der Waals surface area contributed by atoms with Crippen molar-refractivity contribution in [2.45, 2.75) is 19.8 Å². The van der Waals surface area contributed by atoms with Gasteiger partial charge < -0.3 is 9.53 Å². The van der Waals surface area contributed by atoms with Crippen molar-refractivity contribution in [2.75, 3.05) is 0 Å². The zero-order chi connectivity index (χ0) is 12.0. The first-order valence-corrected chi connectivity index (χ1v) is 5.73. The summed E-state index contributed by atoms with van der Waals surface area (Å²) in [6, 6.07) is 7.61. The van der Waals surface area contributed by atoms with Gasteiger partial charge in [-0.2, -0.15) is 0 Å². The topological polar surface area (TPSA) is 63.6 Å². The molecule has 0 heterocycles. The Hall–Kier alpha value is -1.62. The standard InChI is InChI=1S/C11H12O4Si/c1-8-4-2-3-5-9(8)16-15-11(14)7-6-10(12)13/h2-5H,6-7H2,1H3,(H,12,13). The van der Waals surface area contributed by atoms with Gasteiger partial charge in [0.2, 0.25) is 0 Å². The second kappa shape index (κ2) is 6.07. The second-order valence-electron chi connectivity index (χ2n) is 3.28. The molecule has 0 unspecified atom stereocenters. The van der Waals surface area contributed by atoms with Crippen molar-refractivity contribution in [1.82, 2.24) is 0 Å². The summed E-state index contributed by atoms with van der Waals surface area (Å²) in [6.07, 6.45) is -0.259. The lowest BCUT2D eigenvalue weighted by molar-refractivity contribution is -0.142. The molecule has 0 aliphatic heterocycles. The van der Waals surface area contributed by atoms with Gasteiger partial charge in [-0.3, -0.25) is 9.59 Å². The van der Waals surface area contributed by atoms with E-state index in [4.69, 9.17) is 9.53 Å². The van der Waals surface area contributed by atoms with Crippen molar-refractivity contribution in [2.24, 2.45) is 0 Å². The molecule has 1 rings (SSSR count). The molecule has 1 N–H and O–H groups in total. The summed E-state index contributed by atoms with van der Waals surface area (Å²) in [6.45, 7) is 1.94. The minimum absolute atomic E-state index is 0.0554. The number of aliphatic carboxylic acids is 1. The molecule has 0 saturated heterocycles. The second-order valence-corrected chi connectivity index (χ2v) is 4.23. The number of benzene rings is 1. The van der Waals surface area contributed by atoms with Gasteiger partial charge in [-0.15, -0.1) is 0 Å². The van der Waals surface area contributed by atoms with Crippen LogP contribution in [-0.4, -0.2) is 26.8 Å². The maximum absolute atomic E-state index is 11.2. The Bertz CT molecular complexity index is 389. The molecular weight excluding hydrogens is 224 g/mol. The fourth-order valence-corrected chi connectivity index (χ4v) is 1.79. The first-order valence-electron chi connectivity index (χ1n) is 4.82. The Morgan fingerprint density at radius 3 is 2.62 bits per heavy atom. The third-order valence-electron chi connectivity index (χ3n) is 1.96. The van der Waals surface area contributed by atoms with E-state index in [9.17, 15) is 9.59 Å². The Labute approximate surface area is 96.2 Å². The number of hydrogen-bond acceptors (Lipinski definition) is 3. The first kappa shape index (κ1) is 12.4. The van der Waals surface area contributed by atoms with Crippen LogP contribution in [0.25, 0.3) is 0 Å². The zero-order valence-corrected chi connectivity index (χ0v) is 9.90. The predicted molar refractivity (Wildman–Crippen MR) is 59.5 cm³/mol. The molecular formula is C11H12O4Si. The molecule has 0 fully saturated rings. The Balaban J connectivity index is 2.37. The Morgan fingerprint density at radius 2 is 2.00 bits per heavy atom. The smallest absolute Gasteiger partial charge is 0.355 e. The van der Waals surface area contributed by atoms with Gasteiger partial charge in [0.1, 0.15) is 0 Å². The summed E-state index contributed by atoms with van der Waals surface area (Å²) in [7, 11) is -0.0554. The molecule has 0 bridgehead atoms. The van der Waals surface area contributed by atoms with Crippen LogP contribution in [0.1, 0.15) is 18.4 Å². The molecule has 0 spiro atoms. The van der Waals surface area contributed by atoms with E-state index in [-0.39, 0.29) is 22.6 Å². The molecule has 0 saturated carbocycles. The molecule has 84 valence electrons. The highest BCUT2D eigenvalue weighted by molar-refractivity contribution is 6.49. The van der Waals surface area contributed by atoms with Crippen LogP contribution in [0.15, 0.2) is 24.3 Å². The number of carbonyl (C=O) groups excluding carboxylic acids is 1. The molecule has 16 heavy (non-hydrogen) atoms. The van der Waals surface area contributed by atoms with E-state index in [1.54, 1.807) is 0 Å². The number of hydrogen-bond donors (Lipinski definition) is 1. The number of carboxylic acids is 1. The van der Waals surface area contributed by atoms with Gasteiger partial charge >= 0.3 is 15.7 Å². The molecule has 1 aromatic rings. The van der Waals surface area contributed by atoms with E-state index in [0.29, 0.717) is 0 Å². The SMILES string of the molecule is Cc1ccccc1[Si]OC(=O)CCC(=O)O. The third-order valence-corrected chi connectivity index (χ3v) is 3.07. The lowest BCUT2D eigenvalue weighted by atomic mass is 10.2. The van der Waals surface area contributed by atoms with Crippen LogP contribution in [0.5, 0.6) is 0 Å². The minimum atomic E-state index is -0.990. The summed E-state index contributed by atoms with van der Waals surface area (Å²) in [5.74, 6) is -1.46. The number of carbonyl (C=O) groups is 2. The number of aryl methyl sites for hydroxylation is 1. The highest BCUT2D eigenvalue weighted by Crippen LogP contribution is 1.95. The average Bonchev–Trinajstić information content (AvgIpc) is 2.25. The molecule has 4 nitrogen and oxygen atoms in total. The summed E-state index contributed by atoms with van der Waals surface area (Å²) in [4.78, 5) is 21.4. The van der Waals surface area contributed by atoms with E-state index < -0.39 is 11.9 Å². The molecule has 2 radical (unpaired) electrons. The van der Waals surface area contributed by atoms with E-state index in [0.717, 1.165) is 10.8 Å².